The van der Waals surface area contributed by atoms with Crippen molar-refractivity contribution >= 4 is 39.1 Å². The number of hydrogen-bond donors (Lipinski definition) is 0. The van der Waals surface area contributed by atoms with Crippen LogP contribution in [0.1, 0.15) is 12.8 Å². The largest absolute Gasteiger partial charge is 0.311 e. The highest BCUT2D eigenvalue weighted by atomic mass is 79.9. The van der Waals surface area contributed by atoms with Crippen molar-refractivity contribution in [2.45, 2.75) is 17.7 Å². The van der Waals surface area contributed by atoms with Crippen LogP contribution >= 0.6 is 27.5 Å². The van der Waals surface area contributed by atoms with Crippen LogP contribution in [-0.2, 0) is 4.79 Å². The molecule has 0 saturated carbocycles. The van der Waals surface area contributed by atoms with E-state index in [9.17, 15) is 9.18 Å². The number of carbonyl (C=O) groups excluding carboxylic acids is 1. The third-order valence-electron chi connectivity index (χ3n) is 2.59. The lowest BCUT2D eigenvalue weighted by atomic mass is 10.1. The summed E-state index contributed by atoms with van der Waals surface area (Å²) in [5.41, 5.74) is 0.566. The van der Waals surface area contributed by atoms with E-state index >= 15 is 0 Å². The summed E-state index contributed by atoms with van der Waals surface area (Å²) in [7, 11) is 0. The van der Waals surface area contributed by atoms with Crippen molar-refractivity contribution in [2.75, 3.05) is 11.4 Å². The SMILES string of the molecule is O=C1C(Br)CCCN1c1ccc(Cl)c(F)c1. The average molecular weight is 307 g/mol. The van der Waals surface area contributed by atoms with Crippen molar-refractivity contribution < 1.29 is 9.18 Å². The molecule has 1 heterocycles. The monoisotopic (exact) mass is 305 g/mol. The number of piperidine rings is 1. The van der Waals surface area contributed by atoms with Gasteiger partial charge in [0.25, 0.3) is 0 Å². The summed E-state index contributed by atoms with van der Waals surface area (Å²) in [5.74, 6) is -0.517. The molecule has 86 valence electrons. The van der Waals surface area contributed by atoms with Crippen molar-refractivity contribution in [3.05, 3.63) is 29.0 Å². The average Bonchev–Trinajstić information content (AvgIpc) is 2.26. The van der Waals surface area contributed by atoms with E-state index in [0.29, 0.717) is 12.2 Å². The van der Waals surface area contributed by atoms with Crippen LogP contribution in [0.4, 0.5) is 10.1 Å². The molecule has 1 unspecified atom stereocenters. The second-order valence-corrected chi connectivity index (χ2v) is 5.21. The zero-order valence-electron chi connectivity index (χ0n) is 8.42. The molecule has 1 amide bonds. The van der Waals surface area contributed by atoms with E-state index in [4.69, 9.17) is 11.6 Å². The number of hydrogen-bond acceptors (Lipinski definition) is 1. The maximum absolute atomic E-state index is 13.3. The molecule has 1 aliphatic rings. The fourth-order valence-corrected chi connectivity index (χ4v) is 2.43. The first kappa shape index (κ1) is 11.9. The summed E-state index contributed by atoms with van der Waals surface area (Å²) in [6.07, 6.45) is 1.73. The highest BCUT2D eigenvalue weighted by Crippen LogP contribution is 2.27. The predicted octanol–water partition coefficient (Wildman–Crippen LogP) is 3.37. The zero-order chi connectivity index (χ0) is 11.7. The number of carbonyl (C=O) groups is 1. The lowest BCUT2D eigenvalue weighted by Gasteiger charge is -2.29. The summed E-state index contributed by atoms with van der Waals surface area (Å²) in [4.78, 5) is 13.3. The summed E-state index contributed by atoms with van der Waals surface area (Å²) in [6, 6.07) is 4.43. The van der Waals surface area contributed by atoms with Gasteiger partial charge in [-0.2, -0.15) is 0 Å². The third-order valence-corrected chi connectivity index (χ3v) is 3.74. The number of alkyl halides is 1. The Morgan fingerprint density at radius 2 is 2.25 bits per heavy atom. The van der Waals surface area contributed by atoms with Gasteiger partial charge in [0.05, 0.1) is 9.85 Å². The van der Waals surface area contributed by atoms with Gasteiger partial charge in [-0.25, -0.2) is 4.39 Å². The molecule has 0 aliphatic carbocycles. The number of anilines is 1. The van der Waals surface area contributed by atoms with E-state index in [1.807, 2.05) is 0 Å². The van der Waals surface area contributed by atoms with Crippen molar-refractivity contribution in [2.24, 2.45) is 0 Å². The van der Waals surface area contributed by atoms with Crippen molar-refractivity contribution in [3.8, 4) is 0 Å². The molecule has 1 aromatic carbocycles. The Hall–Kier alpha value is -0.610. The normalized spacial score (nSPS) is 21.3. The van der Waals surface area contributed by atoms with Crippen LogP contribution in [0.3, 0.4) is 0 Å². The first-order valence-corrected chi connectivity index (χ1v) is 6.29. The van der Waals surface area contributed by atoms with E-state index in [0.717, 1.165) is 12.8 Å². The van der Waals surface area contributed by atoms with Crippen molar-refractivity contribution in [1.29, 1.82) is 0 Å². The first-order chi connectivity index (χ1) is 7.59. The molecule has 0 radical (unpaired) electrons. The molecule has 5 heteroatoms. The highest BCUT2D eigenvalue weighted by molar-refractivity contribution is 9.10. The van der Waals surface area contributed by atoms with Gasteiger partial charge >= 0.3 is 0 Å². The second kappa shape index (κ2) is 4.72. The standard InChI is InChI=1S/C11H10BrClFNO/c12-8-2-1-5-15(11(8)16)7-3-4-9(13)10(14)6-7/h3-4,6,8H,1-2,5H2. The minimum Gasteiger partial charge on any atom is -0.311 e. The molecule has 2 nitrogen and oxygen atoms in total. The van der Waals surface area contributed by atoms with Gasteiger partial charge in [0.15, 0.2) is 0 Å². The van der Waals surface area contributed by atoms with Crippen LogP contribution in [0.5, 0.6) is 0 Å². The molecule has 16 heavy (non-hydrogen) atoms. The zero-order valence-corrected chi connectivity index (χ0v) is 10.8. The Balaban J connectivity index is 2.29. The molecule has 2 rings (SSSR count). The van der Waals surface area contributed by atoms with E-state index in [-0.39, 0.29) is 15.8 Å². The Kier molecular flexibility index (Phi) is 3.50. The van der Waals surface area contributed by atoms with Crippen molar-refractivity contribution in [1.82, 2.24) is 0 Å². The molecule has 0 N–H and O–H groups in total. The maximum atomic E-state index is 13.3. The molecule has 1 fully saturated rings. The molecule has 1 atom stereocenters. The molecule has 1 saturated heterocycles. The lowest BCUT2D eigenvalue weighted by molar-refractivity contribution is -0.118. The Bertz CT molecular complexity index is 426. The van der Waals surface area contributed by atoms with Gasteiger partial charge in [-0.1, -0.05) is 27.5 Å². The Morgan fingerprint density at radius 1 is 1.50 bits per heavy atom. The smallest absolute Gasteiger partial charge is 0.240 e. The Labute approximate surface area is 107 Å². The summed E-state index contributed by atoms with van der Waals surface area (Å²) in [6.45, 7) is 0.627. The summed E-state index contributed by atoms with van der Waals surface area (Å²) >= 11 is 8.91. The van der Waals surface area contributed by atoms with Crippen molar-refractivity contribution in [3.63, 3.8) is 0 Å². The molecular weight excluding hydrogens is 296 g/mol. The van der Waals surface area contributed by atoms with Gasteiger partial charge in [-0.3, -0.25) is 4.79 Å². The molecular formula is C11H10BrClFNO. The van der Waals surface area contributed by atoms with Gasteiger partial charge in [0.2, 0.25) is 5.91 Å². The van der Waals surface area contributed by atoms with Gasteiger partial charge in [0.1, 0.15) is 5.82 Å². The van der Waals surface area contributed by atoms with Crippen LogP contribution in [0.25, 0.3) is 0 Å². The van der Waals surface area contributed by atoms with E-state index in [2.05, 4.69) is 15.9 Å². The maximum Gasteiger partial charge on any atom is 0.240 e. The second-order valence-electron chi connectivity index (χ2n) is 3.70. The number of rotatable bonds is 1. The van der Waals surface area contributed by atoms with Gasteiger partial charge in [0, 0.05) is 12.2 Å². The lowest BCUT2D eigenvalue weighted by Crippen LogP contribution is -2.41. The fourth-order valence-electron chi connectivity index (χ4n) is 1.74. The van der Waals surface area contributed by atoms with Crippen LogP contribution < -0.4 is 4.90 Å². The Morgan fingerprint density at radius 3 is 2.94 bits per heavy atom. The van der Waals surface area contributed by atoms with Crippen LogP contribution in [0.2, 0.25) is 5.02 Å². The van der Waals surface area contributed by atoms with Gasteiger partial charge in [-0.15, -0.1) is 0 Å². The van der Waals surface area contributed by atoms with Gasteiger partial charge in [-0.05, 0) is 31.0 Å². The van der Waals surface area contributed by atoms with E-state index < -0.39 is 5.82 Å². The van der Waals surface area contributed by atoms with E-state index in [1.54, 1.807) is 11.0 Å². The third kappa shape index (κ3) is 2.23. The van der Waals surface area contributed by atoms with Crippen LogP contribution in [0, 0.1) is 5.82 Å². The summed E-state index contributed by atoms with van der Waals surface area (Å²) in [5, 5.41) is 0.0728. The first-order valence-electron chi connectivity index (χ1n) is 5.00. The molecule has 0 bridgehead atoms. The number of nitrogens with zero attached hydrogens (tertiary/aromatic N) is 1. The topological polar surface area (TPSA) is 20.3 Å². The quantitative estimate of drug-likeness (QED) is 0.729. The van der Waals surface area contributed by atoms with E-state index in [1.165, 1.54) is 12.1 Å². The molecule has 1 aliphatic heterocycles. The minimum absolute atomic E-state index is 0.0204. The van der Waals surface area contributed by atoms with Gasteiger partial charge < -0.3 is 4.90 Å². The summed E-state index contributed by atoms with van der Waals surface area (Å²) < 4.78 is 13.3. The molecule has 0 aromatic heterocycles. The number of halogens is 3. The number of amides is 1. The molecule has 1 aromatic rings. The predicted molar refractivity (Wildman–Crippen MR) is 65.7 cm³/mol. The highest BCUT2D eigenvalue weighted by Gasteiger charge is 2.27. The number of benzene rings is 1. The fraction of sp³-hybridized carbons (Fsp3) is 0.364. The van der Waals surface area contributed by atoms with Crippen LogP contribution in [0.15, 0.2) is 18.2 Å². The van der Waals surface area contributed by atoms with Crippen LogP contribution in [-0.4, -0.2) is 17.3 Å². The molecule has 0 spiro atoms. The minimum atomic E-state index is -0.497.